The molecule has 0 spiro atoms. The molecule has 2 saturated heterocycles. The van der Waals surface area contributed by atoms with Crippen molar-refractivity contribution < 1.29 is 29.0 Å². The number of hydrogen-bond acceptors (Lipinski definition) is 10. The molecule has 4 aliphatic carbocycles. The first-order valence-corrected chi connectivity index (χ1v) is 20.6. The van der Waals surface area contributed by atoms with Gasteiger partial charge in [-0.1, -0.05) is 51.0 Å². The summed E-state index contributed by atoms with van der Waals surface area (Å²) >= 11 is 0. The molecular weight excluding hydrogens is 656 g/mol. The summed E-state index contributed by atoms with van der Waals surface area (Å²) < 4.78 is 12.6. The Bertz CT molecular complexity index is 1410. The van der Waals surface area contributed by atoms with E-state index in [1.165, 1.54) is 5.57 Å². The average Bonchev–Trinajstić information content (AvgIpc) is 3.85. The number of hydrogen-bond donors (Lipinski definition) is 5. The summed E-state index contributed by atoms with van der Waals surface area (Å²) in [4.78, 5) is 44.2. The number of fused-ring (bicyclic) bond motifs is 3. The van der Waals surface area contributed by atoms with Crippen molar-refractivity contribution in [1.82, 2.24) is 21.3 Å². The molecule has 2 heterocycles. The maximum Gasteiger partial charge on any atom is 0.350 e. The van der Waals surface area contributed by atoms with Crippen molar-refractivity contribution in [3.63, 3.8) is 0 Å². The van der Waals surface area contributed by atoms with Crippen molar-refractivity contribution >= 4 is 17.5 Å². The zero-order chi connectivity index (χ0) is 37.0. The second-order valence-electron chi connectivity index (χ2n) is 17.2. The number of aliphatic hydroxyl groups excluding tert-OH is 1. The molecule has 10 atom stereocenters. The van der Waals surface area contributed by atoms with Gasteiger partial charge < -0.3 is 30.5 Å². The number of likely N-dealkylation sites (N-methyl/N-ethyl adjacent to an activating group) is 1. The van der Waals surface area contributed by atoms with E-state index in [9.17, 15) is 19.5 Å². The van der Waals surface area contributed by atoms with E-state index in [0.717, 1.165) is 89.5 Å². The summed E-state index contributed by atoms with van der Waals surface area (Å²) in [6, 6.07) is 0.0527. The van der Waals surface area contributed by atoms with Gasteiger partial charge in [-0.15, -0.1) is 0 Å². The van der Waals surface area contributed by atoms with E-state index in [0.29, 0.717) is 29.7 Å². The molecule has 0 amide bonds. The number of rotatable bonds is 16. The first-order chi connectivity index (χ1) is 25.1. The number of piperidine rings is 1. The fourth-order valence-electron chi connectivity index (χ4n) is 10.6. The minimum Gasteiger partial charge on any atom is -0.463 e. The van der Waals surface area contributed by atoms with Crippen molar-refractivity contribution in [2.45, 2.75) is 128 Å². The van der Waals surface area contributed by atoms with Crippen molar-refractivity contribution in [3.05, 3.63) is 34.9 Å². The number of allylic oxidation sites excluding steroid dienone is 4. The highest BCUT2D eigenvalue weighted by molar-refractivity contribution is 6.23. The van der Waals surface area contributed by atoms with Crippen LogP contribution in [0, 0.1) is 41.4 Å². The van der Waals surface area contributed by atoms with Crippen molar-refractivity contribution in [1.29, 1.82) is 0 Å². The molecule has 4 fully saturated rings. The van der Waals surface area contributed by atoms with Gasteiger partial charge in [0.15, 0.2) is 17.2 Å². The highest BCUT2D eigenvalue weighted by atomic mass is 16.7. The van der Waals surface area contributed by atoms with E-state index in [2.05, 4.69) is 60.3 Å². The summed E-state index contributed by atoms with van der Waals surface area (Å²) in [6.45, 7) is 10.8. The van der Waals surface area contributed by atoms with E-state index in [4.69, 9.17) is 9.47 Å². The molecule has 0 aromatic rings. The number of epoxide rings is 1. The van der Waals surface area contributed by atoms with Gasteiger partial charge >= 0.3 is 5.97 Å². The highest BCUT2D eigenvalue weighted by Crippen LogP contribution is 2.63. The topological polar surface area (TPSA) is 141 Å². The van der Waals surface area contributed by atoms with Crippen LogP contribution in [0.2, 0.25) is 0 Å². The van der Waals surface area contributed by atoms with Crippen LogP contribution in [0.4, 0.5) is 0 Å². The zero-order valence-corrected chi connectivity index (χ0v) is 32.4. The summed E-state index contributed by atoms with van der Waals surface area (Å²) in [5.74, 6) is -0.712. The average molecular weight is 723 g/mol. The van der Waals surface area contributed by atoms with Gasteiger partial charge in [0.2, 0.25) is 0 Å². The lowest BCUT2D eigenvalue weighted by atomic mass is 9.56. The molecule has 2 aliphatic heterocycles. The SMILES string of the molecule is CCN[C@H]1C=C2C=CCC[C@H]2C[C@H]1COC(=O)[C@]12O[C@@]1(CC(CO)=C(C)CCC1CCNC(NCNC)C1)C(=O)C1CCCC(CC(C)C)C1C2=O. The summed E-state index contributed by atoms with van der Waals surface area (Å²) in [6.07, 6.45) is 17.1. The predicted octanol–water partition coefficient (Wildman–Crippen LogP) is 4.73. The largest absolute Gasteiger partial charge is 0.463 e. The van der Waals surface area contributed by atoms with E-state index >= 15 is 0 Å². The molecule has 10 nitrogen and oxygen atoms in total. The predicted molar refractivity (Wildman–Crippen MR) is 202 cm³/mol. The lowest BCUT2D eigenvalue weighted by molar-refractivity contribution is -0.161. The monoisotopic (exact) mass is 722 g/mol. The first-order valence-electron chi connectivity index (χ1n) is 20.6. The molecule has 5 unspecified atom stereocenters. The van der Waals surface area contributed by atoms with E-state index < -0.39 is 29.0 Å². The fraction of sp³-hybridized carbons (Fsp3) is 0.786. The van der Waals surface area contributed by atoms with Crippen LogP contribution in [-0.4, -0.2) is 86.1 Å². The molecule has 0 bridgehead atoms. The van der Waals surface area contributed by atoms with Crippen LogP contribution < -0.4 is 21.3 Å². The zero-order valence-electron chi connectivity index (χ0n) is 32.4. The molecule has 0 radical (unpaired) electrons. The van der Waals surface area contributed by atoms with Crippen LogP contribution in [0.15, 0.2) is 34.9 Å². The summed E-state index contributed by atoms with van der Waals surface area (Å²) in [7, 11) is 1.93. The molecule has 10 heteroatoms. The molecule has 6 aliphatic rings. The van der Waals surface area contributed by atoms with Crippen LogP contribution in [-0.2, 0) is 23.9 Å². The second-order valence-corrected chi connectivity index (χ2v) is 17.2. The third-order valence-electron chi connectivity index (χ3n) is 13.4. The minimum absolute atomic E-state index is 0.0347. The van der Waals surface area contributed by atoms with Gasteiger partial charge in [-0.05, 0) is 126 Å². The van der Waals surface area contributed by atoms with Gasteiger partial charge in [-0.2, -0.15) is 0 Å². The Labute approximate surface area is 311 Å². The number of Topliss-reactive ketones (excluding diaryl/α,β-unsaturated/α-hetero) is 2. The molecule has 2 saturated carbocycles. The Morgan fingerprint density at radius 3 is 2.69 bits per heavy atom. The van der Waals surface area contributed by atoms with Crippen LogP contribution in [0.3, 0.4) is 0 Å². The van der Waals surface area contributed by atoms with E-state index in [-0.39, 0.29) is 55.2 Å². The maximum atomic E-state index is 14.9. The van der Waals surface area contributed by atoms with Gasteiger partial charge in [0.25, 0.3) is 5.60 Å². The molecule has 0 aromatic heterocycles. The van der Waals surface area contributed by atoms with Crippen LogP contribution in [0.25, 0.3) is 0 Å². The van der Waals surface area contributed by atoms with Gasteiger partial charge in [-0.25, -0.2) is 4.79 Å². The molecule has 290 valence electrons. The smallest absolute Gasteiger partial charge is 0.350 e. The third kappa shape index (κ3) is 7.80. The summed E-state index contributed by atoms with van der Waals surface area (Å²) in [5, 5.41) is 24.5. The number of ether oxygens (including phenoxy) is 2. The lowest BCUT2D eigenvalue weighted by Gasteiger charge is -2.42. The first kappa shape index (κ1) is 39.5. The number of nitrogens with one attached hydrogen (secondary N) is 4. The second kappa shape index (κ2) is 17.1. The van der Waals surface area contributed by atoms with Gasteiger partial charge in [0.05, 0.1) is 19.4 Å². The maximum absolute atomic E-state index is 14.9. The van der Waals surface area contributed by atoms with Crippen molar-refractivity contribution in [2.75, 3.05) is 40.0 Å². The number of esters is 1. The summed E-state index contributed by atoms with van der Waals surface area (Å²) in [5.41, 5.74) is -0.509. The molecule has 52 heavy (non-hydrogen) atoms. The Balaban J connectivity index is 1.24. The van der Waals surface area contributed by atoms with E-state index in [1.807, 2.05) is 14.0 Å². The Morgan fingerprint density at radius 1 is 1.12 bits per heavy atom. The number of carbonyl (C=O) groups is 3. The van der Waals surface area contributed by atoms with Crippen LogP contribution in [0.1, 0.15) is 105 Å². The van der Waals surface area contributed by atoms with Crippen LogP contribution >= 0.6 is 0 Å². The minimum atomic E-state index is -1.95. The number of carbonyl (C=O) groups excluding carboxylic acids is 3. The third-order valence-corrected chi connectivity index (χ3v) is 13.4. The van der Waals surface area contributed by atoms with Crippen molar-refractivity contribution in [2.24, 2.45) is 41.4 Å². The van der Waals surface area contributed by atoms with Gasteiger partial charge in [-0.3, -0.25) is 14.9 Å². The molecule has 6 rings (SSSR count). The number of aliphatic hydroxyl groups is 1. The van der Waals surface area contributed by atoms with Crippen LogP contribution in [0.5, 0.6) is 0 Å². The lowest BCUT2D eigenvalue weighted by Crippen LogP contribution is -2.60. The Hall–Kier alpha value is -2.21. The van der Waals surface area contributed by atoms with E-state index in [1.54, 1.807) is 0 Å². The standard InChI is InChI=1S/C42H66N4O6/c1-6-44-35-21-30-11-8-7-10-29(30)20-32(35)24-51-40(50)42-39(49)37-31(18-26(2)3)12-9-13-34(37)38(48)41(42,52-42)22-33(23-47)27(4)14-15-28-16-17-45-36(19-28)46-25-43-5/h8,11,21,26,28-29,31-32,34-37,43-47H,6-7,9-10,12-20,22-25H2,1-5H3/t28?,29-,31?,32-,34?,35-,36?,37?,41-,42-/m0/s1. The molecule has 5 N–H and O–H groups in total. The number of ketones is 2. The van der Waals surface area contributed by atoms with Gasteiger partial charge in [0.1, 0.15) is 0 Å². The normalized spacial score (nSPS) is 37.5. The highest BCUT2D eigenvalue weighted by Gasteiger charge is 2.87. The molecular formula is C42H66N4O6. The van der Waals surface area contributed by atoms with Crippen molar-refractivity contribution in [3.8, 4) is 0 Å². The fourth-order valence-corrected chi connectivity index (χ4v) is 10.6. The quantitative estimate of drug-likeness (QED) is 0.0500. The Kier molecular flexibility index (Phi) is 13.0. The van der Waals surface area contributed by atoms with Gasteiger partial charge in [0, 0.05) is 36.9 Å². The Morgan fingerprint density at radius 2 is 1.94 bits per heavy atom. The molecule has 0 aromatic carbocycles.